The first-order valence-corrected chi connectivity index (χ1v) is 12.3. The number of rotatable bonds is 10. The molecule has 38 heavy (non-hydrogen) atoms. The van der Waals surface area contributed by atoms with Gasteiger partial charge in [-0.2, -0.15) is 0 Å². The van der Waals surface area contributed by atoms with E-state index in [9.17, 15) is 24.0 Å². The number of carboxylic acids is 1. The Morgan fingerprint density at radius 1 is 0.658 bits per heavy atom. The number of carbonyl (C=O) groups is 5. The predicted molar refractivity (Wildman–Crippen MR) is 129 cm³/mol. The number of hydrogen-bond acceptors (Lipinski definition) is 12. The van der Waals surface area contributed by atoms with E-state index in [0.717, 1.165) is 25.7 Å². The highest BCUT2D eigenvalue weighted by Gasteiger charge is 2.52. The quantitative estimate of drug-likeness (QED) is 0.224. The van der Waals surface area contributed by atoms with Crippen LogP contribution < -0.4 is 0 Å². The van der Waals surface area contributed by atoms with Gasteiger partial charge in [-0.15, -0.1) is 0 Å². The van der Waals surface area contributed by atoms with Crippen LogP contribution in [0.15, 0.2) is 0 Å². The topological polar surface area (TPSA) is 181 Å². The number of aliphatic hydroxyl groups is 1. The minimum absolute atomic E-state index is 0.159. The molecule has 0 spiro atoms. The smallest absolute Gasteiger partial charge is 0.338 e. The van der Waals surface area contributed by atoms with Gasteiger partial charge in [-0.3, -0.25) is 9.59 Å². The van der Waals surface area contributed by atoms with E-state index in [1.165, 1.54) is 35.5 Å². The van der Waals surface area contributed by atoms with E-state index in [4.69, 9.17) is 24.4 Å². The van der Waals surface area contributed by atoms with Crippen molar-refractivity contribution in [1.82, 2.24) is 0 Å². The summed E-state index contributed by atoms with van der Waals surface area (Å²) in [4.78, 5) is 53.8. The highest BCUT2D eigenvalue weighted by molar-refractivity contribution is 6.01. The van der Waals surface area contributed by atoms with Crippen molar-refractivity contribution in [2.24, 2.45) is 0 Å². The third-order valence-electron chi connectivity index (χ3n) is 6.64. The summed E-state index contributed by atoms with van der Waals surface area (Å²) >= 11 is 0. The second kappa shape index (κ2) is 14.0. The molecule has 0 heterocycles. The summed E-state index contributed by atoms with van der Waals surface area (Å²) in [5, 5.41) is 17.3. The number of aliphatic carboxylic acids is 1. The summed E-state index contributed by atoms with van der Waals surface area (Å²) in [7, 11) is 7.11. The van der Waals surface area contributed by atoms with Gasteiger partial charge in [0.25, 0.3) is 0 Å². The zero-order chi connectivity index (χ0) is 29.2. The highest BCUT2D eigenvalue weighted by atomic mass is 16.6. The Labute approximate surface area is 222 Å². The van der Waals surface area contributed by atoms with Crippen molar-refractivity contribution in [3.8, 4) is 0 Å². The van der Waals surface area contributed by atoms with Crippen LogP contribution in [0.1, 0.15) is 64.7 Å². The number of carboxylic acid groups (broad SMARTS) is 1. The van der Waals surface area contributed by atoms with E-state index in [0.29, 0.717) is 32.3 Å². The molecular formula is C25H40O13. The van der Waals surface area contributed by atoms with Gasteiger partial charge in [0.15, 0.2) is 22.6 Å². The molecule has 0 saturated heterocycles. The Balaban J connectivity index is 0.000000259. The molecule has 13 nitrogen and oxygen atoms in total. The Morgan fingerprint density at radius 2 is 1.08 bits per heavy atom. The van der Waals surface area contributed by atoms with Crippen LogP contribution in [-0.4, -0.2) is 104 Å². The van der Waals surface area contributed by atoms with Crippen molar-refractivity contribution >= 4 is 29.7 Å². The van der Waals surface area contributed by atoms with Gasteiger partial charge in [-0.25, -0.2) is 14.4 Å². The summed E-state index contributed by atoms with van der Waals surface area (Å²) in [6.07, 6.45) is 5.33. The van der Waals surface area contributed by atoms with Crippen molar-refractivity contribution < 1.29 is 62.6 Å². The van der Waals surface area contributed by atoms with E-state index in [1.807, 2.05) is 0 Å². The van der Waals surface area contributed by atoms with Crippen LogP contribution >= 0.6 is 0 Å². The normalized spacial score (nSPS) is 20.6. The Bertz CT molecular complexity index is 849. The second-order valence-corrected chi connectivity index (χ2v) is 9.32. The van der Waals surface area contributed by atoms with E-state index < -0.39 is 40.3 Å². The number of ether oxygens (including phenoxy) is 6. The first kappa shape index (κ1) is 33.4. The molecule has 2 N–H and O–H groups in total. The molecule has 0 bridgehead atoms. The van der Waals surface area contributed by atoms with E-state index in [1.54, 1.807) is 6.92 Å². The maximum atomic E-state index is 11.4. The first-order chi connectivity index (χ1) is 17.8. The zero-order valence-electron chi connectivity index (χ0n) is 23.0. The molecule has 0 radical (unpaired) electrons. The van der Waals surface area contributed by atoms with Gasteiger partial charge in [-0.1, -0.05) is 0 Å². The fourth-order valence-electron chi connectivity index (χ4n) is 3.14. The molecule has 0 unspecified atom stereocenters. The van der Waals surface area contributed by atoms with Crippen LogP contribution in [-0.2, 0) is 52.4 Å². The monoisotopic (exact) mass is 548 g/mol. The molecule has 0 aromatic rings. The molecule has 0 atom stereocenters. The van der Waals surface area contributed by atoms with Gasteiger partial charge in [0.1, 0.15) is 12.0 Å². The van der Waals surface area contributed by atoms with Gasteiger partial charge in [-0.05, 0) is 58.3 Å². The lowest BCUT2D eigenvalue weighted by Crippen LogP contribution is -2.27. The highest BCUT2D eigenvalue weighted by Crippen LogP contribution is 2.41. The second-order valence-electron chi connectivity index (χ2n) is 9.32. The van der Waals surface area contributed by atoms with Crippen LogP contribution in [0.3, 0.4) is 0 Å². The fraction of sp³-hybridized carbons (Fsp3) is 0.800. The molecule has 13 heteroatoms. The Hall–Kier alpha value is -2.61. The summed E-state index contributed by atoms with van der Waals surface area (Å²) < 4.78 is 28.1. The van der Waals surface area contributed by atoms with Gasteiger partial charge < -0.3 is 38.6 Å². The SMILES string of the molecule is CCOC(=O)CC(=O)C1(OC)CC1.COC(=O)C1(O)CC1.COC(=O)C1(OC)CC1.COC1(C(=O)O)CC1. The van der Waals surface area contributed by atoms with Crippen molar-refractivity contribution in [2.45, 2.75) is 87.1 Å². The molecule has 0 amide bonds. The zero-order valence-corrected chi connectivity index (χ0v) is 23.0. The molecule has 4 saturated carbocycles. The first-order valence-electron chi connectivity index (χ1n) is 12.3. The van der Waals surface area contributed by atoms with Crippen molar-refractivity contribution in [1.29, 1.82) is 0 Å². The van der Waals surface area contributed by atoms with Gasteiger partial charge in [0, 0.05) is 21.3 Å². The van der Waals surface area contributed by atoms with Crippen molar-refractivity contribution in [2.75, 3.05) is 42.2 Å². The van der Waals surface area contributed by atoms with Crippen LogP contribution in [0.25, 0.3) is 0 Å². The standard InChI is InChI=1S/C9H14O4.C6H10O3.2C5H8O3/c1-3-13-8(11)6-7(10)9(12-2)4-5-9;1-8-5(7)6(9-2)3-4-6;1-8-4(6)5(7)2-3-5;1-8-5(2-3-5)4(6)7/h3-6H2,1-2H3;3-4H2,1-2H3;7H,2-3H2,1H3;2-3H2,1H3,(H,6,7). The van der Waals surface area contributed by atoms with E-state index in [-0.39, 0.29) is 18.2 Å². The lowest BCUT2D eigenvalue weighted by atomic mass is 10.1. The van der Waals surface area contributed by atoms with Crippen molar-refractivity contribution in [3.63, 3.8) is 0 Å². The predicted octanol–water partition coefficient (Wildman–Crippen LogP) is 0.960. The van der Waals surface area contributed by atoms with Crippen LogP contribution in [0.4, 0.5) is 0 Å². The summed E-state index contributed by atoms with van der Waals surface area (Å²) in [5.74, 6) is -2.20. The largest absolute Gasteiger partial charge is 0.479 e. The van der Waals surface area contributed by atoms with Gasteiger partial charge in [0.05, 0.1) is 20.8 Å². The lowest BCUT2D eigenvalue weighted by Gasteiger charge is -2.10. The van der Waals surface area contributed by atoms with E-state index in [2.05, 4.69) is 14.2 Å². The number of Topliss-reactive ketones (excluding diaryl/α,β-unsaturated/α-hetero) is 1. The minimum atomic E-state index is -1.10. The summed E-state index contributed by atoms with van der Waals surface area (Å²) in [6.45, 7) is 2.03. The number of methoxy groups -OCH3 is 5. The number of ketones is 1. The Morgan fingerprint density at radius 3 is 1.26 bits per heavy atom. The van der Waals surface area contributed by atoms with Gasteiger partial charge in [0.2, 0.25) is 0 Å². The molecule has 0 aromatic heterocycles. The maximum Gasteiger partial charge on any atom is 0.338 e. The summed E-state index contributed by atoms with van der Waals surface area (Å²) in [6, 6.07) is 0. The molecule has 4 aliphatic rings. The van der Waals surface area contributed by atoms with Crippen molar-refractivity contribution in [3.05, 3.63) is 0 Å². The molecule has 0 aliphatic heterocycles. The van der Waals surface area contributed by atoms with Crippen LogP contribution in [0.5, 0.6) is 0 Å². The van der Waals surface area contributed by atoms with Crippen LogP contribution in [0, 0.1) is 0 Å². The summed E-state index contributed by atoms with van der Waals surface area (Å²) in [5.41, 5.74) is -3.11. The minimum Gasteiger partial charge on any atom is -0.479 e. The molecule has 0 aromatic carbocycles. The average Bonchev–Trinajstić information content (AvgIpc) is 3.74. The van der Waals surface area contributed by atoms with E-state index >= 15 is 0 Å². The third-order valence-corrected chi connectivity index (χ3v) is 6.64. The van der Waals surface area contributed by atoms with Crippen LogP contribution in [0.2, 0.25) is 0 Å². The molecule has 4 aliphatic carbocycles. The third kappa shape index (κ3) is 9.29. The molecule has 218 valence electrons. The van der Waals surface area contributed by atoms with Gasteiger partial charge >= 0.3 is 23.9 Å². The average molecular weight is 549 g/mol. The number of carbonyl (C=O) groups excluding carboxylic acids is 4. The lowest BCUT2D eigenvalue weighted by molar-refractivity contribution is -0.155. The fourth-order valence-corrected chi connectivity index (χ4v) is 3.14. The molecule has 4 fully saturated rings. The molecule has 4 rings (SSSR count). The number of esters is 3. The maximum absolute atomic E-state index is 11.4. The Kier molecular flexibility index (Phi) is 12.3. The molecular weight excluding hydrogens is 508 g/mol. The number of hydrogen-bond donors (Lipinski definition) is 2.